The average molecular weight is 846 g/mol. The predicted molar refractivity (Wildman–Crippen MR) is 219 cm³/mol. The van der Waals surface area contributed by atoms with Gasteiger partial charge < -0.3 is 62.6 Å². The van der Waals surface area contributed by atoms with Crippen LogP contribution in [-0.4, -0.2) is 182 Å². The number of hydrogen-bond acceptors (Lipinski definition) is 16. The quantitative estimate of drug-likeness (QED) is 0.324. The summed E-state index contributed by atoms with van der Waals surface area (Å²) in [5.41, 5.74) is -3.59. The van der Waals surface area contributed by atoms with Crippen molar-refractivity contribution in [3.63, 3.8) is 0 Å². The fourth-order valence-electron chi connectivity index (χ4n) is 9.99. The Bertz CT molecular complexity index is 1390. The number of likely N-dealkylation sites (N-methyl/N-ethyl adjacent to an activating group) is 2. The second kappa shape index (κ2) is 19.9. The summed E-state index contributed by atoms with van der Waals surface area (Å²) in [5, 5.41) is 23.9. The molecule has 0 bridgehead atoms. The van der Waals surface area contributed by atoms with Crippen molar-refractivity contribution in [2.75, 3.05) is 48.9 Å². The van der Waals surface area contributed by atoms with Crippen LogP contribution in [-0.2, 0) is 52.2 Å². The van der Waals surface area contributed by atoms with Crippen molar-refractivity contribution < 1.29 is 62.4 Å². The second-order valence-electron chi connectivity index (χ2n) is 19.2. The minimum Gasteiger partial charge on any atom is -0.459 e. The van der Waals surface area contributed by atoms with Gasteiger partial charge in [-0.15, -0.1) is 0 Å². The Morgan fingerprint density at radius 3 is 2.15 bits per heavy atom. The molecule has 4 fully saturated rings. The Labute approximate surface area is 353 Å². The number of cyclic esters (lactones) is 1. The molecule has 19 atom stereocenters. The van der Waals surface area contributed by atoms with Gasteiger partial charge in [0.2, 0.25) is 6.41 Å². The smallest absolute Gasteiger partial charge is 0.311 e. The SMILES string of the molecule is CC[C@H]1OC(=O)[C@H](C)C(O[C@H]2C[C@@](C)(OC)[C@@H](O)[C@H](C)O2)[C@H](C)[C@@H](O[C@@H]2O[C@H](C)C[C@H](N(C)C)[C@H]2OC(C)=O)[C@](C)(O)C[C@@H](C)CN(C)[C@H](C)[C@H]2OC(N(C)C)O[C@@]21C. The summed E-state index contributed by atoms with van der Waals surface area (Å²) in [5.74, 6) is -2.78. The normalized spacial score (nSPS) is 47.3. The standard InChI is InChI=1S/C43H79N3O13/c1-18-31-43(11)37(58-40(59-43)45(14)15)27(6)46(16)22-23(2)20-41(9,50)36(57-39-34(54-29(8)47)30(44(12)13)19-24(3)52-39)25(4)33(26(5)38(49)55-31)56-32-21-42(10,51-17)35(48)28(7)53-32/h23-28,30-37,39-40,48,50H,18-22H2,1-17H3/t23-,24-,25+,26-,27-,28+,30+,31-,32+,33?,34-,35+,36-,37-,39+,40?,41-,42-,43-/m1/s1. The average Bonchev–Trinajstić information content (AvgIpc) is 3.51. The van der Waals surface area contributed by atoms with Crippen molar-refractivity contribution in [3.8, 4) is 0 Å². The molecule has 2 N–H and O–H groups in total. The lowest BCUT2D eigenvalue weighted by molar-refractivity contribution is -0.318. The Morgan fingerprint density at radius 1 is 0.949 bits per heavy atom. The van der Waals surface area contributed by atoms with E-state index in [9.17, 15) is 19.8 Å². The molecule has 344 valence electrons. The van der Waals surface area contributed by atoms with Crippen LogP contribution < -0.4 is 0 Å². The molecule has 2 unspecified atom stereocenters. The van der Waals surface area contributed by atoms with Crippen LogP contribution in [0.1, 0.15) is 102 Å². The van der Waals surface area contributed by atoms with Crippen LogP contribution in [0.4, 0.5) is 0 Å². The highest BCUT2D eigenvalue weighted by molar-refractivity contribution is 5.73. The minimum atomic E-state index is -1.55. The van der Waals surface area contributed by atoms with E-state index in [-0.39, 0.29) is 36.9 Å². The third-order valence-corrected chi connectivity index (χ3v) is 13.5. The van der Waals surface area contributed by atoms with Gasteiger partial charge in [0.15, 0.2) is 18.7 Å². The fraction of sp³-hybridized carbons (Fsp3) is 0.953. The molecule has 0 saturated carbocycles. The molecule has 0 radical (unpaired) electrons. The second-order valence-corrected chi connectivity index (χ2v) is 19.2. The van der Waals surface area contributed by atoms with Crippen LogP contribution in [0.5, 0.6) is 0 Å². The molecule has 0 aromatic heterocycles. The lowest BCUT2D eigenvalue weighted by atomic mass is 9.77. The summed E-state index contributed by atoms with van der Waals surface area (Å²) >= 11 is 0. The van der Waals surface area contributed by atoms with Gasteiger partial charge in [0.05, 0.1) is 47.6 Å². The minimum absolute atomic E-state index is 0.0767. The number of ether oxygens (including phenoxy) is 9. The Hall–Kier alpha value is -1.54. The number of fused-ring (bicyclic) bond motifs is 1. The number of carbonyl (C=O) groups is 2. The molecule has 16 nitrogen and oxygen atoms in total. The van der Waals surface area contributed by atoms with Gasteiger partial charge in [0, 0.05) is 39.0 Å². The first-order chi connectivity index (χ1) is 27.3. The van der Waals surface area contributed by atoms with Crippen LogP contribution >= 0.6 is 0 Å². The molecule has 0 aromatic carbocycles. The van der Waals surface area contributed by atoms with Crippen molar-refractivity contribution in [2.24, 2.45) is 17.8 Å². The van der Waals surface area contributed by atoms with Crippen molar-refractivity contribution in [1.29, 1.82) is 0 Å². The van der Waals surface area contributed by atoms with Crippen LogP contribution in [0.15, 0.2) is 0 Å². The number of nitrogens with zero attached hydrogens (tertiary/aromatic N) is 3. The van der Waals surface area contributed by atoms with E-state index >= 15 is 0 Å². The van der Waals surface area contributed by atoms with E-state index < -0.39 is 102 Å². The van der Waals surface area contributed by atoms with Crippen LogP contribution in [0.3, 0.4) is 0 Å². The zero-order valence-corrected chi connectivity index (χ0v) is 39.0. The van der Waals surface area contributed by atoms with Gasteiger partial charge in [-0.3, -0.25) is 14.5 Å². The van der Waals surface area contributed by atoms with Crippen molar-refractivity contribution >= 4 is 11.9 Å². The van der Waals surface area contributed by atoms with Gasteiger partial charge in [-0.1, -0.05) is 20.8 Å². The molecular weight excluding hydrogens is 766 g/mol. The Morgan fingerprint density at radius 2 is 1.59 bits per heavy atom. The van der Waals surface area contributed by atoms with E-state index in [4.69, 9.17) is 42.6 Å². The maximum Gasteiger partial charge on any atom is 0.311 e. The number of hydrogen-bond donors (Lipinski definition) is 2. The molecular formula is C43H79N3O13. The maximum atomic E-state index is 14.7. The van der Waals surface area contributed by atoms with Crippen molar-refractivity contribution in [3.05, 3.63) is 0 Å². The summed E-state index contributed by atoms with van der Waals surface area (Å²) in [6, 6.07) is -0.432. The third-order valence-electron chi connectivity index (χ3n) is 13.5. The first-order valence-corrected chi connectivity index (χ1v) is 21.6. The van der Waals surface area contributed by atoms with Gasteiger partial charge in [0.25, 0.3) is 0 Å². The molecule has 59 heavy (non-hydrogen) atoms. The molecule has 0 spiro atoms. The van der Waals surface area contributed by atoms with Crippen LogP contribution in [0.25, 0.3) is 0 Å². The van der Waals surface area contributed by atoms with E-state index in [1.807, 2.05) is 72.7 Å². The van der Waals surface area contributed by atoms with Crippen molar-refractivity contribution in [2.45, 2.75) is 199 Å². The Balaban J connectivity index is 1.87. The molecule has 16 heteroatoms. The number of aliphatic hydroxyl groups is 2. The van der Waals surface area contributed by atoms with E-state index in [2.05, 4.69) is 18.7 Å². The molecule has 4 rings (SSSR count). The van der Waals surface area contributed by atoms with Gasteiger partial charge in [-0.05, 0) is 109 Å². The number of esters is 2. The summed E-state index contributed by atoms with van der Waals surface area (Å²) in [4.78, 5) is 33.3. The number of rotatable bonds is 9. The zero-order chi connectivity index (χ0) is 44.5. The van der Waals surface area contributed by atoms with Crippen LogP contribution in [0, 0.1) is 17.8 Å². The summed E-state index contributed by atoms with van der Waals surface area (Å²) in [6.45, 7) is 20.8. The van der Waals surface area contributed by atoms with Gasteiger partial charge in [-0.25, -0.2) is 0 Å². The lowest BCUT2D eigenvalue weighted by Crippen LogP contribution is -2.61. The predicted octanol–water partition coefficient (Wildman–Crippen LogP) is 3.38. The van der Waals surface area contributed by atoms with E-state index in [0.29, 0.717) is 19.4 Å². The summed E-state index contributed by atoms with van der Waals surface area (Å²) in [6.07, 6.45) is -7.12. The Kier molecular flexibility index (Phi) is 16.9. The van der Waals surface area contributed by atoms with E-state index in [1.54, 1.807) is 27.7 Å². The molecule has 0 aliphatic carbocycles. The molecule has 4 saturated heterocycles. The molecule has 4 aliphatic rings. The molecule has 0 amide bonds. The topological polar surface area (TPSA) is 167 Å². The number of methoxy groups -OCH3 is 1. The third kappa shape index (κ3) is 11.2. The van der Waals surface area contributed by atoms with Gasteiger partial charge >= 0.3 is 11.9 Å². The molecule has 4 aliphatic heterocycles. The van der Waals surface area contributed by atoms with E-state index in [1.165, 1.54) is 14.0 Å². The first-order valence-electron chi connectivity index (χ1n) is 21.6. The monoisotopic (exact) mass is 846 g/mol. The highest BCUT2D eigenvalue weighted by Gasteiger charge is 2.57. The van der Waals surface area contributed by atoms with Gasteiger partial charge in [-0.2, -0.15) is 0 Å². The zero-order valence-electron chi connectivity index (χ0n) is 39.0. The highest BCUT2D eigenvalue weighted by atomic mass is 16.8. The van der Waals surface area contributed by atoms with Gasteiger partial charge in [0.1, 0.15) is 23.9 Å². The summed E-state index contributed by atoms with van der Waals surface area (Å²) < 4.78 is 58.1. The largest absolute Gasteiger partial charge is 0.459 e. The van der Waals surface area contributed by atoms with E-state index in [0.717, 1.165) is 0 Å². The van der Waals surface area contributed by atoms with Crippen molar-refractivity contribution in [1.82, 2.24) is 14.7 Å². The highest BCUT2D eigenvalue weighted by Crippen LogP contribution is 2.43. The fourth-order valence-corrected chi connectivity index (χ4v) is 9.99. The summed E-state index contributed by atoms with van der Waals surface area (Å²) in [7, 11) is 11.1. The molecule has 4 heterocycles. The number of carbonyl (C=O) groups excluding carboxylic acids is 2. The molecule has 0 aromatic rings. The number of aliphatic hydroxyl groups excluding tert-OH is 1. The first kappa shape index (κ1) is 50.1. The maximum absolute atomic E-state index is 14.7. The lowest BCUT2D eigenvalue weighted by Gasteiger charge is -2.49. The van der Waals surface area contributed by atoms with Crippen LogP contribution in [0.2, 0.25) is 0 Å².